The molecule has 0 unspecified atom stereocenters. The van der Waals surface area contributed by atoms with E-state index in [1.54, 1.807) is 13.3 Å². The molecule has 2 aromatic heterocycles. The van der Waals surface area contributed by atoms with Crippen molar-refractivity contribution in [1.82, 2.24) is 9.97 Å². The fraction of sp³-hybridized carbons (Fsp3) is 0.158. The predicted molar refractivity (Wildman–Crippen MR) is 89.0 cm³/mol. The lowest BCUT2D eigenvalue weighted by Crippen LogP contribution is -1.96. The average Bonchev–Trinajstić information content (AvgIpc) is 2.63. The van der Waals surface area contributed by atoms with E-state index in [-0.39, 0.29) is 0 Å². The second-order valence-corrected chi connectivity index (χ2v) is 5.09. The average molecular weight is 306 g/mol. The first-order valence-electron chi connectivity index (χ1n) is 7.42. The van der Waals surface area contributed by atoms with Crippen LogP contribution in [-0.2, 0) is 18.0 Å². The Bertz CT molecular complexity index is 726. The summed E-state index contributed by atoms with van der Waals surface area (Å²) in [6, 6.07) is 17.7. The molecule has 0 aliphatic carbocycles. The Morgan fingerprint density at radius 3 is 2.39 bits per heavy atom. The van der Waals surface area contributed by atoms with Gasteiger partial charge in [-0.25, -0.2) is 0 Å². The van der Waals surface area contributed by atoms with Gasteiger partial charge in [0.1, 0.15) is 5.75 Å². The fourth-order valence-corrected chi connectivity index (χ4v) is 2.20. The highest BCUT2D eigenvalue weighted by atomic mass is 16.5. The van der Waals surface area contributed by atoms with Crippen LogP contribution >= 0.6 is 0 Å². The van der Waals surface area contributed by atoms with Gasteiger partial charge in [0.05, 0.1) is 31.7 Å². The molecule has 4 nitrogen and oxygen atoms in total. The van der Waals surface area contributed by atoms with Crippen LogP contribution in [0.15, 0.2) is 67.0 Å². The Labute approximate surface area is 135 Å². The molecule has 0 fully saturated rings. The number of hydrogen-bond acceptors (Lipinski definition) is 4. The summed E-state index contributed by atoms with van der Waals surface area (Å²) in [5, 5.41) is 0. The van der Waals surface area contributed by atoms with E-state index in [0.717, 1.165) is 28.3 Å². The van der Waals surface area contributed by atoms with Crippen LogP contribution in [0.1, 0.15) is 11.3 Å². The molecule has 23 heavy (non-hydrogen) atoms. The number of aromatic nitrogens is 2. The topological polar surface area (TPSA) is 44.2 Å². The maximum atomic E-state index is 5.66. The summed E-state index contributed by atoms with van der Waals surface area (Å²) < 4.78 is 10.8. The molecule has 0 radical (unpaired) electrons. The Balaban J connectivity index is 1.58. The van der Waals surface area contributed by atoms with E-state index in [0.29, 0.717) is 13.2 Å². The summed E-state index contributed by atoms with van der Waals surface area (Å²) in [6.07, 6.45) is 3.61. The van der Waals surface area contributed by atoms with Crippen LogP contribution in [0.3, 0.4) is 0 Å². The molecule has 0 saturated heterocycles. The second-order valence-electron chi connectivity index (χ2n) is 5.09. The molecular formula is C19H18N2O2. The van der Waals surface area contributed by atoms with Gasteiger partial charge in [-0.3, -0.25) is 9.97 Å². The highest BCUT2D eigenvalue weighted by Crippen LogP contribution is 2.20. The van der Waals surface area contributed by atoms with E-state index in [2.05, 4.69) is 9.97 Å². The molecule has 0 amide bonds. The van der Waals surface area contributed by atoms with Crippen LogP contribution in [0.2, 0.25) is 0 Å². The van der Waals surface area contributed by atoms with Gasteiger partial charge in [0.25, 0.3) is 0 Å². The van der Waals surface area contributed by atoms with Crippen LogP contribution in [0.5, 0.6) is 5.75 Å². The summed E-state index contributed by atoms with van der Waals surface area (Å²) in [6.45, 7) is 1.02. The van der Waals surface area contributed by atoms with E-state index in [9.17, 15) is 0 Å². The first kappa shape index (κ1) is 15.2. The molecule has 3 rings (SSSR count). The van der Waals surface area contributed by atoms with Gasteiger partial charge in [-0.15, -0.1) is 0 Å². The minimum atomic E-state index is 0.501. The van der Waals surface area contributed by atoms with Crippen LogP contribution in [0.4, 0.5) is 0 Å². The number of benzene rings is 1. The lowest BCUT2D eigenvalue weighted by atomic mass is 10.1. The van der Waals surface area contributed by atoms with E-state index in [1.807, 2.05) is 60.8 Å². The molecule has 0 atom stereocenters. The third-order valence-electron chi connectivity index (χ3n) is 3.46. The first-order chi connectivity index (χ1) is 11.3. The van der Waals surface area contributed by atoms with E-state index < -0.39 is 0 Å². The van der Waals surface area contributed by atoms with Crippen molar-refractivity contribution in [2.75, 3.05) is 7.11 Å². The van der Waals surface area contributed by atoms with Gasteiger partial charge >= 0.3 is 0 Å². The molecule has 0 bridgehead atoms. The smallest absolute Gasteiger partial charge is 0.118 e. The normalized spacial score (nSPS) is 10.5. The van der Waals surface area contributed by atoms with Crippen molar-refractivity contribution < 1.29 is 9.47 Å². The van der Waals surface area contributed by atoms with Crippen molar-refractivity contribution in [1.29, 1.82) is 0 Å². The van der Waals surface area contributed by atoms with Gasteiger partial charge in [-0.05, 0) is 48.0 Å². The molecule has 4 heteroatoms. The van der Waals surface area contributed by atoms with Crippen LogP contribution in [0.25, 0.3) is 11.3 Å². The van der Waals surface area contributed by atoms with E-state index >= 15 is 0 Å². The second kappa shape index (κ2) is 7.51. The molecule has 2 heterocycles. The van der Waals surface area contributed by atoms with E-state index in [4.69, 9.17) is 9.47 Å². The zero-order valence-electron chi connectivity index (χ0n) is 13.0. The molecule has 116 valence electrons. The maximum Gasteiger partial charge on any atom is 0.118 e. The molecule has 1 aromatic carbocycles. The zero-order chi connectivity index (χ0) is 15.9. The van der Waals surface area contributed by atoms with Crippen molar-refractivity contribution in [2.24, 2.45) is 0 Å². The minimum Gasteiger partial charge on any atom is -0.497 e. The minimum absolute atomic E-state index is 0.501. The van der Waals surface area contributed by atoms with E-state index in [1.165, 1.54) is 0 Å². The Hall–Kier alpha value is -2.72. The number of hydrogen-bond donors (Lipinski definition) is 0. The lowest BCUT2D eigenvalue weighted by molar-refractivity contribution is 0.104. The number of rotatable bonds is 6. The zero-order valence-corrected chi connectivity index (χ0v) is 13.0. The highest BCUT2D eigenvalue weighted by Gasteiger charge is 2.01. The summed E-state index contributed by atoms with van der Waals surface area (Å²) >= 11 is 0. The van der Waals surface area contributed by atoms with Crippen molar-refractivity contribution in [3.05, 3.63) is 78.2 Å². The van der Waals surface area contributed by atoms with Crippen LogP contribution < -0.4 is 4.74 Å². The van der Waals surface area contributed by atoms with Crippen molar-refractivity contribution in [3.63, 3.8) is 0 Å². The van der Waals surface area contributed by atoms with Gasteiger partial charge in [-0.1, -0.05) is 12.1 Å². The van der Waals surface area contributed by atoms with Crippen LogP contribution in [-0.4, -0.2) is 17.1 Å². The number of nitrogens with zero attached hydrogens (tertiary/aromatic N) is 2. The lowest BCUT2D eigenvalue weighted by Gasteiger charge is -2.06. The molecule has 0 saturated carbocycles. The van der Waals surface area contributed by atoms with Gasteiger partial charge < -0.3 is 9.47 Å². The van der Waals surface area contributed by atoms with Crippen molar-refractivity contribution >= 4 is 0 Å². The number of ether oxygens (including phenoxy) is 2. The van der Waals surface area contributed by atoms with Crippen LogP contribution in [0, 0.1) is 0 Å². The Morgan fingerprint density at radius 2 is 1.74 bits per heavy atom. The summed E-state index contributed by atoms with van der Waals surface area (Å²) in [7, 11) is 1.66. The molecule has 3 aromatic rings. The molecular weight excluding hydrogens is 288 g/mol. The summed E-state index contributed by atoms with van der Waals surface area (Å²) in [4.78, 5) is 8.72. The first-order valence-corrected chi connectivity index (χ1v) is 7.42. The standard InChI is InChI=1S/C19H18N2O2/c1-22-18-8-6-16(7-9-18)19-10-5-15(12-21-19)13-23-14-17-4-2-3-11-20-17/h2-12H,13-14H2,1H3. The van der Waals surface area contributed by atoms with Gasteiger partial charge in [0, 0.05) is 18.0 Å². The molecule has 0 aliphatic rings. The molecule has 0 spiro atoms. The third-order valence-corrected chi connectivity index (χ3v) is 3.46. The van der Waals surface area contributed by atoms with Gasteiger partial charge in [-0.2, -0.15) is 0 Å². The summed E-state index contributed by atoms with van der Waals surface area (Å²) in [5.74, 6) is 0.841. The molecule has 0 N–H and O–H groups in total. The third kappa shape index (κ3) is 4.14. The van der Waals surface area contributed by atoms with Gasteiger partial charge in [0.2, 0.25) is 0 Å². The largest absolute Gasteiger partial charge is 0.497 e. The highest BCUT2D eigenvalue weighted by molar-refractivity contribution is 5.60. The SMILES string of the molecule is COc1ccc(-c2ccc(COCc3ccccn3)cn2)cc1. The molecule has 0 aliphatic heterocycles. The quantitative estimate of drug-likeness (QED) is 0.693. The summed E-state index contributed by atoms with van der Waals surface area (Å²) in [5.41, 5.74) is 3.96. The predicted octanol–water partition coefficient (Wildman–Crippen LogP) is 3.87. The Kier molecular flexibility index (Phi) is 4.96. The van der Waals surface area contributed by atoms with Crippen molar-refractivity contribution in [2.45, 2.75) is 13.2 Å². The fourth-order valence-electron chi connectivity index (χ4n) is 2.20. The maximum absolute atomic E-state index is 5.66. The monoisotopic (exact) mass is 306 g/mol. The van der Waals surface area contributed by atoms with Crippen molar-refractivity contribution in [3.8, 4) is 17.0 Å². The number of methoxy groups -OCH3 is 1. The Morgan fingerprint density at radius 1 is 0.870 bits per heavy atom. The van der Waals surface area contributed by atoms with Gasteiger partial charge in [0.15, 0.2) is 0 Å². The number of pyridine rings is 2.